The zero-order valence-electron chi connectivity index (χ0n) is 10.5. The molecular formula is C14H25N. The van der Waals surface area contributed by atoms with Crippen LogP contribution in [-0.4, -0.2) is 24.0 Å². The van der Waals surface area contributed by atoms with Gasteiger partial charge in [0.15, 0.2) is 0 Å². The SMILES string of the molecule is CC(C)C1CC2(CCC2)C2CCC2N1C. The van der Waals surface area contributed by atoms with E-state index in [1.54, 1.807) is 12.8 Å². The quantitative estimate of drug-likeness (QED) is 0.638. The minimum atomic E-state index is 0.810. The molecule has 0 radical (unpaired) electrons. The van der Waals surface area contributed by atoms with E-state index >= 15 is 0 Å². The van der Waals surface area contributed by atoms with Gasteiger partial charge in [-0.2, -0.15) is 0 Å². The summed E-state index contributed by atoms with van der Waals surface area (Å²) in [5.74, 6) is 1.92. The molecule has 86 valence electrons. The first-order valence-corrected chi connectivity index (χ1v) is 6.86. The summed E-state index contributed by atoms with van der Waals surface area (Å²) < 4.78 is 0. The standard InChI is InChI=1S/C14H25N/c1-10(2)13-9-14(7-4-8-14)11-5-6-12(11)15(13)3/h10-13H,4-9H2,1-3H3. The number of piperidine rings is 1. The number of rotatable bonds is 1. The Kier molecular flexibility index (Phi) is 2.18. The van der Waals surface area contributed by atoms with E-state index in [0.29, 0.717) is 0 Å². The van der Waals surface area contributed by atoms with Gasteiger partial charge >= 0.3 is 0 Å². The number of hydrogen-bond donors (Lipinski definition) is 0. The van der Waals surface area contributed by atoms with Crippen molar-refractivity contribution >= 4 is 0 Å². The third-order valence-electron chi connectivity index (χ3n) is 5.81. The van der Waals surface area contributed by atoms with Gasteiger partial charge in [-0.05, 0) is 56.4 Å². The topological polar surface area (TPSA) is 3.24 Å². The van der Waals surface area contributed by atoms with E-state index in [0.717, 1.165) is 29.3 Å². The molecule has 3 aliphatic rings. The molecule has 0 aromatic rings. The average molecular weight is 207 g/mol. The van der Waals surface area contributed by atoms with Crippen LogP contribution < -0.4 is 0 Å². The van der Waals surface area contributed by atoms with Crippen molar-refractivity contribution in [3.8, 4) is 0 Å². The second-order valence-electron chi connectivity index (χ2n) is 6.65. The second kappa shape index (κ2) is 3.23. The molecule has 1 heteroatoms. The molecule has 0 N–H and O–H groups in total. The highest BCUT2D eigenvalue weighted by molar-refractivity contribution is 5.09. The molecule has 1 nitrogen and oxygen atoms in total. The summed E-state index contributed by atoms with van der Waals surface area (Å²) >= 11 is 0. The van der Waals surface area contributed by atoms with Crippen LogP contribution >= 0.6 is 0 Å². The van der Waals surface area contributed by atoms with E-state index < -0.39 is 0 Å². The van der Waals surface area contributed by atoms with Crippen molar-refractivity contribution in [2.24, 2.45) is 17.3 Å². The van der Waals surface area contributed by atoms with Crippen molar-refractivity contribution in [2.45, 2.75) is 64.5 Å². The molecule has 3 fully saturated rings. The first-order chi connectivity index (χ1) is 7.14. The van der Waals surface area contributed by atoms with Crippen LogP contribution in [0.5, 0.6) is 0 Å². The van der Waals surface area contributed by atoms with E-state index in [4.69, 9.17) is 0 Å². The lowest BCUT2D eigenvalue weighted by atomic mass is 9.48. The fraction of sp³-hybridized carbons (Fsp3) is 1.00. The molecule has 1 spiro atoms. The lowest BCUT2D eigenvalue weighted by molar-refractivity contribution is -0.143. The Bertz CT molecular complexity index is 254. The van der Waals surface area contributed by atoms with E-state index in [1.165, 1.54) is 25.7 Å². The molecule has 0 bridgehead atoms. The zero-order valence-corrected chi connectivity index (χ0v) is 10.5. The van der Waals surface area contributed by atoms with Crippen LogP contribution in [0.2, 0.25) is 0 Å². The van der Waals surface area contributed by atoms with Crippen molar-refractivity contribution in [1.29, 1.82) is 0 Å². The summed E-state index contributed by atoms with van der Waals surface area (Å²) in [7, 11) is 2.38. The Morgan fingerprint density at radius 3 is 2.33 bits per heavy atom. The summed E-state index contributed by atoms with van der Waals surface area (Å²) in [5, 5.41) is 0. The van der Waals surface area contributed by atoms with Crippen LogP contribution in [0.15, 0.2) is 0 Å². The maximum Gasteiger partial charge on any atom is 0.0129 e. The van der Waals surface area contributed by atoms with E-state index in [9.17, 15) is 0 Å². The van der Waals surface area contributed by atoms with Crippen LogP contribution in [0, 0.1) is 17.3 Å². The first kappa shape index (κ1) is 10.1. The lowest BCUT2D eigenvalue weighted by Crippen LogP contribution is -2.64. The molecule has 1 saturated heterocycles. The highest BCUT2D eigenvalue weighted by atomic mass is 15.2. The minimum Gasteiger partial charge on any atom is -0.300 e. The van der Waals surface area contributed by atoms with Gasteiger partial charge in [0.05, 0.1) is 0 Å². The van der Waals surface area contributed by atoms with Crippen molar-refractivity contribution in [2.75, 3.05) is 7.05 Å². The van der Waals surface area contributed by atoms with Gasteiger partial charge in [0.2, 0.25) is 0 Å². The molecular weight excluding hydrogens is 182 g/mol. The lowest BCUT2D eigenvalue weighted by Gasteiger charge is -2.64. The van der Waals surface area contributed by atoms with E-state index in [-0.39, 0.29) is 0 Å². The van der Waals surface area contributed by atoms with Crippen molar-refractivity contribution in [1.82, 2.24) is 4.90 Å². The number of fused-ring (bicyclic) bond motifs is 2. The Hall–Kier alpha value is -0.0400. The fourth-order valence-corrected chi connectivity index (χ4v) is 4.55. The highest BCUT2D eigenvalue weighted by Gasteiger charge is 2.57. The number of hydrogen-bond acceptors (Lipinski definition) is 1. The summed E-state index contributed by atoms with van der Waals surface area (Å²) in [6, 6.07) is 1.82. The van der Waals surface area contributed by atoms with Gasteiger partial charge in [-0.15, -0.1) is 0 Å². The van der Waals surface area contributed by atoms with Gasteiger partial charge in [-0.25, -0.2) is 0 Å². The Labute approximate surface area is 94.2 Å². The van der Waals surface area contributed by atoms with Gasteiger partial charge in [0.25, 0.3) is 0 Å². The maximum absolute atomic E-state index is 2.72. The molecule has 2 aliphatic carbocycles. The predicted molar refractivity (Wildman–Crippen MR) is 63.8 cm³/mol. The zero-order chi connectivity index (χ0) is 10.6. The average Bonchev–Trinajstić information content (AvgIpc) is 2.04. The Morgan fingerprint density at radius 2 is 1.93 bits per heavy atom. The van der Waals surface area contributed by atoms with Gasteiger partial charge < -0.3 is 0 Å². The Morgan fingerprint density at radius 1 is 1.20 bits per heavy atom. The molecule has 15 heavy (non-hydrogen) atoms. The predicted octanol–water partition coefficient (Wildman–Crippen LogP) is 3.30. The maximum atomic E-state index is 2.72. The summed E-state index contributed by atoms with van der Waals surface area (Å²) in [4.78, 5) is 2.72. The minimum absolute atomic E-state index is 0.810. The molecule has 0 amide bonds. The first-order valence-electron chi connectivity index (χ1n) is 6.86. The van der Waals surface area contributed by atoms with Gasteiger partial charge in [0, 0.05) is 12.1 Å². The smallest absolute Gasteiger partial charge is 0.0129 e. The summed E-state index contributed by atoms with van der Waals surface area (Å²) in [6.45, 7) is 4.82. The molecule has 0 aromatic carbocycles. The summed E-state index contributed by atoms with van der Waals surface area (Å²) in [6.07, 6.45) is 9.11. The van der Waals surface area contributed by atoms with Crippen molar-refractivity contribution in [3.63, 3.8) is 0 Å². The Balaban J connectivity index is 1.83. The molecule has 3 atom stereocenters. The summed E-state index contributed by atoms with van der Waals surface area (Å²) in [5.41, 5.74) is 0.810. The highest BCUT2D eigenvalue weighted by Crippen LogP contribution is 2.61. The van der Waals surface area contributed by atoms with Crippen LogP contribution in [-0.2, 0) is 0 Å². The largest absolute Gasteiger partial charge is 0.300 e. The monoisotopic (exact) mass is 207 g/mol. The molecule has 1 aliphatic heterocycles. The second-order valence-corrected chi connectivity index (χ2v) is 6.65. The van der Waals surface area contributed by atoms with Crippen molar-refractivity contribution < 1.29 is 0 Å². The third-order valence-corrected chi connectivity index (χ3v) is 5.81. The number of nitrogens with zero attached hydrogens (tertiary/aromatic N) is 1. The van der Waals surface area contributed by atoms with Crippen LogP contribution in [0.25, 0.3) is 0 Å². The molecule has 3 rings (SSSR count). The third kappa shape index (κ3) is 1.25. The molecule has 0 aromatic heterocycles. The van der Waals surface area contributed by atoms with Crippen molar-refractivity contribution in [3.05, 3.63) is 0 Å². The van der Waals surface area contributed by atoms with E-state index in [2.05, 4.69) is 25.8 Å². The van der Waals surface area contributed by atoms with Gasteiger partial charge in [0.1, 0.15) is 0 Å². The number of likely N-dealkylation sites (tertiary alicyclic amines) is 1. The van der Waals surface area contributed by atoms with Crippen LogP contribution in [0.3, 0.4) is 0 Å². The fourth-order valence-electron chi connectivity index (χ4n) is 4.55. The van der Waals surface area contributed by atoms with Crippen LogP contribution in [0.1, 0.15) is 52.4 Å². The van der Waals surface area contributed by atoms with Gasteiger partial charge in [-0.1, -0.05) is 20.3 Å². The molecule has 2 saturated carbocycles. The molecule has 1 heterocycles. The molecule has 3 unspecified atom stereocenters. The van der Waals surface area contributed by atoms with E-state index in [1.807, 2.05) is 0 Å². The van der Waals surface area contributed by atoms with Crippen LogP contribution in [0.4, 0.5) is 0 Å². The normalized spacial score (nSPS) is 43.6. The van der Waals surface area contributed by atoms with Gasteiger partial charge in [-0.3, -0.25) is 4.90 Å².